The Morgan fingerprint density at radius 1 is 1.32 bits per heavy atom. The van der Waals surface area contributed by atoms with Gasteiger partial charge in [-0.2, -0.15) is 0 Å². The highest BCUT2D eigenvalue weighted by atomic mass is 16.5. The average Bonchev–Trinajstić information content (AvgIpc) is 3.24. The zero-order chi connectivity index (χ0) is 13.1. The summed E-state index contributed by atoms with van der Waals surface area (Å²) >= 11 is 0. The van der Waals surface area contributed by atoms with E-state index in [1.54, 1.807) is 12.4 Å². The van der Waals surface area contributed by atoms with Gasteiger partial charge in [0.25, 0.3) is 0 Å². The number of hydrogen-bond acceptors (Lipinski definition) is 5. The van der Waals surface area contributed by atoms with Gasteiger partial charge in [-0.25, -0.2) is 4.98 Å². The van der Waals surface area contributed by atoms with Crippen molar-refractivity contribution in [2.45, 2.75) is 38.3 Å². The molecular formula is C14H21N3O2. The third-order valence-corrected chi connectivity index (χ3v) is 3.74. The minimum Gasteiger partial charge on any atom is -0.379 e. The predicted molar refractivity (Wildman–Crippen MR) is 72.1 cm³/mol. The Kier molecular flexibility index (Phi) is 3.94. The summed E-state index contributed by atoms with van der Waals surface area (Å²) < 4.78 is 11.6. The van der Waals surface area contributed by atoms with E-state index in [4.69, 9.17) is 9.47 Å². The Hall–Kier alpha value is -1.20. The van der Waals surface area contributed by atoms with Crippen LogP contribution in [0.4, 0.5) is 5.82 Å². The monoisotopic (exact) mass is 263 g/mol. The Balaban J connectivity index is 1.60. The van der Waals surface area contributed by atoms with E-state index >= 15 is 0 Å². The highest BCUT2D eigenvalue weighted by molar-refractivity contribution is 5.39. The second-order valence-corrected chi connectivity index (χ2v) is 5.42. The van der Waals surface area contributed by atoms with Crippen LogP contribution < -0.4 is 5.32 Å². The van der Waals surface area contributed by atoms with Gasteiger partial charge < -0.3 is 14.8 Å². The van der Waals surface area contributed by atoms with Crippen molar-refractivity contribution in [3.63, 3.8) is 0 Å². The van der Waals surface area contributed by atoms with Crippen LogP contribution in [-0.2, 0) is 9.47 Å². The minimum absolute atomic E-state index is 0.169. The Morgan fingerprint density at radius 2 is 2.16 bits per heavy atom. The summed E-state index contributed by atoms with van der Waals surface area (Å²) in [4.78, 5) is 8.58. The molecule has 1 aliphatic carbocycles. The first-order valence-electron chi connectivity index (χ1n) is 7.06. The predicted octanol–water partition coefficient (Wildman–Crippen LogP) is 1.78. The third-order valence-electron chi connectivity index (χ3n) is 3.74. The molecule has 0 unspecified atom stereocenters. The van der Waals surface area contributed by atoms with E-state index in [9.17, 15) is 0 Å². The zero-order valence-corrected chi connectivity index (χ0v) is 11.3. The van der Waals surface area contributed by atoms with E-state index in [0.717, 1.165) is 37.1 Å². The number of rotatable bonds is 5. The van der Waals surface area contributed by atoms with Gasteiger partial charge in [0, 0.05) is 25.6 Å². The molecule has 2 aliphatic rings. The summed E-state index contributed by atoms with van der Waals surface area (Å²) in [6.45, 7) is 4.31. The standard InChI is InChI=1S/C14H21N3O2/c1-10-14(16-6-5-15-10)17-12-9-18-7-4-13(12)19-8-11-2-3-11/h5-6,11-13H,2-4,7-9H2,1H3,(H,16,17)/t12-,13+/m1/s1. The minimum atomic E-state index is 0.169. The van der Waals surface area contributed by atoms with Gasteiger partial charge in [0.05, 0.1) is 24.4 Å². The SMILES string of the molecule is Cc1nccnc1N[C@@H]1COCC[C@@H]1OCC1CC1. The second-order valence-electron chi connectivity index (χ2n) is 5.42. The van der Waals surface area contributed by atoms with Gasteiger partial charge in [-0.1, -0.05) is 0 Å². The molecule has 0 bridgehead atoms. The number of nitrogens with zero attached hydrogens (tertiary/aromatic N) is 2. The number of hydrogen-bond donors (Lipinski definition) is 1. The van der Waals surface area contributed by atoms with E-state index in [0.29, 0.717) is 6.61 Å². The molecule has 1 saturated heterocycles. The maximum atomic E-state index is 6.04. The number of aromatic nitrogens is 2. The summed E-state index contributed by atoms with van der Waals surface area (Å²) in [6, 6.07) is 0.169. The molecule has 1 aliphatic heterocycles. The van der Waals surface area contributed by atoms with E-state index in [1.165, 1.54) is 12.8 Å². The molecule has 104 valence electrons. The molecule has 3 rings (SSSR count). The van der Waals surface area contributed by atoms with Crippen LogP contribution in [-0.4, -0.2) is 41.9 Å². The van der Waals surface area contributed by atoms with Crippen molar-refractivity contribution in [3.8, 4) is 0 Å². The fourth-order valence-corrected chi connectivity index (χ4v) is 2.32. The van der Waals surface area contributed by atoms with Crippen molar-refractivity contribution < 1.29 is 9.47 Å². The zero-order valence-electron chi connectivity index (χ0n) is 11.3. The second kappa shape index (κ2) is 5.84. The normalized spacial score (nSPS) is 27.2. The van der Waals surface area contributed by atoms with E-state index in [2.05, 4.69) is 15.3 Å². The topological polar surface area (TPSA) is 56.3 Å². The molecule has 0 amide bonds. The van der Waals surface area contributed by atoms with Gasteiger partial charge >= 0.3 is 0 Å². The van der Waals surface area contributed by atoms with Gasteiger partial charge in [-0.05, 0) is 32.1 Å². The molecule has 1 N–H and O–H groups in total. The van der Waals surface area contributed by atoms with Crippen LogP contribution in [0.15, 0.2) is 12.4 Å². The molecule has 19 heavy (non-hydrogen) atoms. The van der Waals surface area contributed by atoms with E-state index < -0.39 is 0 Å². The molecule has 2 heterocycles. The maximum absolute atomic E-state index is 6.04. The first kappa shape index (κ1) is 12.8. The summed E-state index contributed by atoms with van der Waals surface area (Å²) in [7, 11) is 0. The quantitative estimate of drug-likeness (QED) is 0.877. The van der Waals surface area contributed by atoms with Crippen LogP contribution in [0.5, 0.6) is 0 Å². The molecular weight excluding hydrogens is 242 g/mol. The molecule has 1 aromatic heterocycles. The van der Waals surface area contributed by atoms with Crippen LogP contribution >= 0.6 is 0 Å². The van der Waals surface area contributed by atoms with Gasteiger partial charge in [-0.15, -0.1) is 0 Å². The fourth-order valence-electron chi connectivity index (χ4n) is 2.32. The van der Waals surface area contributed by atoms with E-state index in [-0.39, 0.29) is 12.1 Å². The number of aryl methyl sites for hydroxylation is 1. The maximum Gasteiger partial charge on any atom is 0.147 e. The first-order valence-corrected chi connectivity index (χ1v) is 7.06. The first-order chi connectivity index (χ1) is 9.33. The van der Waals surface area contributed by atoms with Crippen LogP contribution in [0.3, 0.4) is 0 Å². The van der Waals surface area contributed by atoms with Gasteiger partial charge in [0.2, 0.25) is 0 Å². The molecule has 1 saturated carbocycles. The lowest BCUT2D eigenvalue weighted by Crippen LogP contribution is -2.44. The Labute approximate surface area is 113 Å². The lowest BCUT2D eigenvalue weighted by Gasteiger charge is -2.32. The molecule has 2 fully saturated rings. The van der Waals surface area contributed by atoms with Crippen LogP contribution in [0.1, 0.15) is 25.0 Å². The summed E-state index contributed by atoms with van der Waals surface area (Å²) in [5.74, 6) is 1.62. The molecule has 1 aromatic rings. The molecule has 0 aromatic carbocycles. The number of anilines is 1. The van der Waals surface area contributed by atoms with Gasteiger partial charge in [0.15, 0.2) is 0 Å². The fraction of sp³-hybridized carbons (Fsp3) is 0.714. The Morgan fingerprint density at radius 3 is 2.95 bits per heavy atom. The average molecular weight is 263 g/mol. The van der Waals surface area contributed by atoms with Crippen molar-refractivity contribution in [1.29, 1.82) is 0 Å². The summed E-state index contributed by atoms with van der Waals surface area (Å²) in [5, 5.41) is 3.42. The highest BCUT2D eigenvalue weighted by Crippen LogP contribution is 2.30. The molecule has 0 radical (unpaired) electrons. The highest BCUT2D eigenvalue weighted by Gasteiger charge is 2.30. The van der Waals surface area contributed by atoms with Crippen molar-refractivity contribution in [3.05, 3.63) is 18.1 Å². The summed E-state index contributed by atoms with van der Waals surface area (Å²) in [5.41, 5.74) is 0.911. The van der Waals surface area contributed by atoms with Crippen LogP contribution in [0, 0.1) is 12.8 Å². The van der Waals surface area contributed by atoms with Crippen molar-refractivity contribution in [1.82, 2.24) is 9.97 Å². The third kappa shape index (κ3) is 3.42. The lowest BCUT2D eigenvalue weighted by atomic mass is 10.1. The molecule has 5 nitrogen and oxygen atoms in total. The number of ether oxygens (including phenoxy) is 2. The van der Waals surface area contributed by atoms with Crippen LogP contribution in [0.2, 0.25) is 0 Å². The van der Waals surface area contributed by atoms with Crippen LogP contribution in [0.25, 0.3) is 0 Å². The molecule has 2 atom stereocenters. The lowest BCUT2D eigenvalue weighted by molar-refractivity contribution is -0.0439. The van der Waals surface area contributed by atoms with Crippen molar-refractivity contribution >= 4 is 5.82 Å². The van der Waals surface area contributed by atoms with Crippen molar-refractivity contribution in [2.24, 2.45) is 5.92 Å². The Bertz CT molecular complexity index is 423. The largest absolute Gasteiger partial charge is 0.379 e. The summed E-state index contributed by atoms with van der Waals surface area (Å²) in [6.07, 6.45) is 7.23. The van der Waals surface area contributed by atoms with Crippen molar-refractivity contribution in [2.75, 3.05) is 25.1 Å². The number of nitrogens with one attached hydrogen (secondary N) is 1. The molecule has 0 spiro atoms. The van der Waals surface area contributed by atoms with Gasteiger partial charge in [0.1, 0.15) is 5.82 Å². The molecule has 5 heteroatoms. The van der Waals surface area contributed by atoms with E-state index in [1.807, 2.05) is 6.92 Å². The van der Waals surface area contributed by atoms with Gasteiger partial charge in [-0.3, -0.25) is 4.98 Å². The smallest absolute Gasteiger partial charge is 0.147 e.